The van der Waals surface area contributed by atoms with Crippen LogP contribution in [0.4, 0.5) is 13.2 Å². The van der Waals surface area contributed by atoms with Gasteiger partial charge in [0.05, 0.1) is 25.0 Å². The lowest BCUT2D eigenvalue weighted by atomic mass is 9.90. The minimum absolute atomic E-state index is 0.0313. The van der Waals surface area contributed by atoms with Crippen LogP contribution < -0.4 is 0 Å². The van der Waals surface area contributed by atoms with Crippen molar-refractivity contribution in [2.45, 2.75) is 35.9 Å². The summed E-state index contributed by atoms with van der Waals surface area (Å²) in [6.07, 6.45) is 2.13. The van der Waals surface area contributed by atoms with Crippen molar-refractivity contribution >= 4 is 11.8 Å². The second-order valence-electron chi connectivity index (χ2n) is 7.59. The predicted molar refractivity (Wildman–Crippen MR) is 112 cm³/mol. The summed E-state index contributed by atoms with van der Waals surface area (Å²) in [6.45, 7) is 2.33. The Kier molecular flexibility index (Phi) is 6.85. The molecule has 0 aliphatic carbocycles. The van der Waals surface area contributed by atoms with Crippen molar-refractivity contribution in [2.24, 2.45) is 0 Å². The van der Waals surface area contributed by atoms with Gasteiger partial charge in [-0.2, -0.15) is 5.10 Å². The van der Waals surface area contributed by atoms with E-state index in [4.69, 9.17) is 9.47 Å². The van der Waals surface area contributed by atoms with Crippen molar-refractivity contribution in [3.63, 3.8) is 0 Å². The molecule has 1 aromatic heterocycles. The van der Waals surface area contributed by atoms with Gasteiger partial charge in [-0.15, -0.1) is 11.8 Å². The third-order valence-corrected chi connectivity index (χ3v) is 6.80. The number of ether oxygens (including phenoxy) is 2. The summed E-state index contributed by atoms with van der Waals surface area (Å²) in [4.78, 5) is 3.87. The van der Waals surface area contributed by atoms with E-state index in [-0.39, 0.29) is 23.2 Å². The van der Waals surface area contributed by atoms with Crippen LogP contribution in [0.2, 0.25) is 0 Å². The first kappa shape index (κ1) is 22.8. The minimum atomic E-state index is -1.70. The summed E-state index contributed by atoms with van der Waals surface area (Å²) in [5.74, 6) is -1.91. The molecule has 0 saturated carbocycles. The Balaban J connectivity index is 1.48. The third-order valence-electron chi connectivity index (χ3n) is 5.35. The molecule has 4 rings (SSSR count). The van der Waals surface area contributed by atoms with Crippen LogP contribution in [0.25, 0.3) is 0 Å². The molecule has 0 spiro atoms. The van der Waals surface area contributed by atoms with Gasteiger partial charge in [-0.3, -0.25) is 0 Å². The highest BCUT2D eigenvalue weighted by Gasteiger charge is 2.41. The maximum atomic E-state index is 14.7. The number of hydrogen-bond acceptors (Lipinski definition) is 6. The topological polar surface area (TPSA) is 69.4 Å². The molecule has 2 heterocycles. The van der Waals surface area contributed by atoms with Gasteiger partial charge in [0.1, 0.15) is 35.7 Å². The second-order valence-corrected chi connectivity index (χ2v) is 9.24. The summed E-state index contributed by atoms with van der Waals surface area (Å²) in [7, 11) is 0. The van der Waals surface area contributed by atoms with Gasteiger partial charge in [0.25, 0.3) is 0 Å². The van der Waals surface area contributed by atoms with Crippen LogP contribution >= 0.6 is 11.8 Å². The normalized spacial score (nSPS) is 21.8. The van der Waals surface area contributed by atoms with Crippen LogP contribution in [-0.4, -0.2) is 43.6 Å². The first-order valence-corrected chi connectivity index (χ1v) is 10.9. The van der Waals surface area contributed by atoms with E-state index in [0.717, 1.165) is 12.1 Å². The van der Waals surface area contributed by atoms with E-state index in [2.05, 4.69) is 10.1 Å². The lowest BCUT2D eigenvalue weighted by Gasteiger charge is -2.37. The zero-order valence-electron chi connectivity index (χ0n) is 17.2. The molecule has 10 heteroatoms. The highest BCUT2D eigenvalue weighted by molar-refractivity contribution is 8.00. The van der Waals surface area contributed by atoms with Crippen LogP contribution in [0.3, 0.4) is 0 Å². The first-order valence-electron chi connectivity index (χ1n) is 9.99. The Labute approximate surface area is 187 Å². The number of aromatic nitrogens is 3. The molecule has 1 saturated heterocycles. The maximum Gasteiger partial charge on any atom is 0.183 e. The van der Waals surface area contributed by atoms with Crippen LogP contribution in [0.1, 0.15) is 24.3 Å². The van der Waals surface area contributed by atoms with Crippen LogP contribution in [0.5, 0.6) is 0 Å². The molecule has 3 aromatic rings. The molecule has 1 fully saturated rings. The van der Waals surface area contributed by atoms with Gasteiger partial charge in [0.2, 0.25) is 0 Å². The third kappa shape index (κ3) is 4.98. The number of thioether (sulfide) groups is 1. The molecule has 2 atom stereocenters. The van der Waals surface area contributed by atoms with Gasteiger partial charge in [-0.25, -0.2) is 22.8 Å². The molecule has 0 bridgehead atoms. The molecule has 32 heavy (non-hydrogen) atoms. The lowest BCUT2D eigenvalue weighted by Crippen LogP contribution is -2.43. The fraction of sp³-hybridized carbons (Fsp3) is 0.364. The molecular weight excluding hydrogens is 443 g/mol. The number of rotatable bonds is 7. The number of benzene rings is 2. The summed E-state index contributed by atoms with van der Waals surface area (Å²) in [6, 6.07) is 8.99. The fourth-order valence-electron chi connectivity index (χ4n) is 3.61. The van der Waals surface area contributed by atoms with E-state index in [1.165, 1.54) is 47.3 Å². The zero-order chi connectivity index (χ0) is 22.7. The molecule has 0 unspecified atom stereocenters. The Morgan fingerprint density at radius 2 is 1.81 bits per heavy atom. The molecule has 0 amide bonds. The average Bonchev–Trinajstić information content (AvgIpc) is 3.27. The molecule has 6 nitrogen and oxygen atoms in total. The number of nitrogens with zero attached hydrogens (tertiary/aromatic N) is 3. The van der Waals surface area contributed by atoms with Gasteiger partial charge in [0.15, 0.2) is 6.29 Å². The first-order chi connectivity index (χ1) is 15.3. The van der Waals surface area contributed by atoms with Crippen molar-refractivity contribution in [1.29, 1.82) is 0 Å². The quantitative estimate of drug-likeness (QED) is 0.572. The zero-order valence-corrected chi connectivity index (χ0v) is 18.0. The largest absolute Gasteiger partial charge is 0.382 e. The van der Waals surface area contributed by atoms with E-state index in [1.807, 2.05) is 0 Å². The van der Waals surface area contributed by atoms with Crippen LogP contribution in [-0.2, 0) is 21.6 Å². The summed E-state index contributed by atoms with van der Waals surface area (Å²) < 4.78 is 54.2. The highest BCUT2D eigenvalue weighted by Crippen LogP contribution is 2.39. The Morgan fingerprint density at radius 1 is 1.12 bits per heavy atom. The smallest absolute Gasteiger partial charge is 0.183 e. The van der Waals surface area contributed by atoms with E-state index >= 15 is 0 Å². The van der Waals surface area contributed by atoms with Crippen molar-refractivity contribution in [3.05, 3.63) is 83.7 Å². The predicted octanol–water partition coefficient (Wildman–Crippen LogP) is 3.82. The van der Waals surface area contributed by atoms with Gasteiger partial charge in [-0.1, -0.05) is 25.1 Å². The summed E-state index contributed by atoms with van der Waals surface area (Å²) in [5, 5.41) is 14.9. The summed E-state index contributed by atoms with van der Waals surface area (Å²) >= 11 is 1.37. The van der Waals surface area contributed by atoms with Gasteiger partial charge in [0, 0.05) is 22.4 Å². The molecular formula is C22H22F3N3O3S. The SMILES string of the molecule is C[C@@H](SC1COC(c2ccc(F)cc2)OC1)[C@](O)(Cn1cncn1)c1ccc(F)cc1F. The van der Waals surface area contributed by atoms with Crippen molar-refractivity contribution < 1.29 is 27.8 Å². The molecule has 1 N–H and O–H groups in total. The van der Waals surface area contributed by atoms with Gasteiger partial charge in [-0.05, 0) is 18.2 Å². The van der Waals surface area contributed by atoms with E-state index in [9.17, 15) is 18.3 Å². The average molecular weight is 465 g/mol. The molecule has 2 aromatic carbocycles. The maximum absolute atomic E-state index is 14.7. The lowest BCUT2D eigenvalue weighted by molar-refractivity contribution is -0.180. The molecule has 170 valence electrons. The monoisotopic (exact) mass is 465 g/mol. The van der Waals surface area contributed by atoms with Crippen LogP contribution in [0, 0.1) is 17.5 Å². The van der Waals surface area contributed by atoms with E-state index in [1.54, 1.807) is 19.1 Å². The Morgan fingerprint density at radius 3 is 2.44 bits per heavy atom. The Hall–Kier alpha value is -2.40. The van der Waals surface area contributed by atoms with E-state index < -0.39 is 28.8 Å². The van der Waals surface area contributed by atoms with Crippen molar-refractivity contribution in [1.82, 2.24) is 14.8 Å². The highest BCUT2D eigenvalue weighted by atomic mass is 32.2. The summed E-state index contributed by atoms with van der Waals surface area (Å²) in [5.41, 5.74) is -1.03. The standard InChI is InChI=1S/C22H22F3N3O3S/c1-14(32-18-9-30-21(31-10-18)15-2-4-16(23)5-3-15)22(29,11-28-13-26-12-27-28)19-7-6-17(24)8-20(19)25/h2-8,12-14,18,21,29H,9-11H2,1H3/t14-,18?,21?,22-/m1/s1. The fourth-order valence-corrected chi connectivity index (χ4v) is 4.93. The number of halogens is 3. The van der Waals surface area contributed by atoms with Crippen LogP contribution in [0.15, 0.2) is 55.1 Å². The molecule has 1 aliphatic rings. The second kappa shape index (κ2) is 9.62. The van der Waals surface area contributed by atoms with Gasteiger partial charge < -0.3 is 14.6 Å². The number of aliphatic hydroxyl groups is 1. The molecule has 1 aliphatic heterocycles. The van der Waals surface area contributed by atoms with Crippen molar-refractivity contribution in [3.8, 4) is 0 Å². The molecule has 0 radical (unpaired) electrons. The van der Waals surface area contributed by atoms with E-state index in [0.29, 0.717) is 18.8 Å². The van der Waals surface area contributed by atoms with Gasteiger partial charge >= 0.3 is 0 Å². The van der Waals surface area contributed by atoms with Crippen molar-refractivity contribution in [2.75, 3.05) is 13.2 Å². The minimum Gasteiger partial charge on any atom is -0.382 e. The number of hydrogen-bond donors (Lipinski definition) is 1. The Bertz CT molecular complexity index is 1030.